The molecule has 1 fully saturated rings. The van der Waals surface area contributed by atoms with E-state index >= 15 is 0 Å². The van der Waals surface area contributed by atoms with Gasteiger partial charge < -0.3 is 24.6 Å². The average Bonchev–Trinajstić information content (AvgIpc) is 2.36. The molecule has 1 saturated heterocycles. The Kier molecular flexibility index (Phi) is 6.10. The van der Waals surface area contributed by atoms with Crippen molar-refractivity contribution in [2.75, 3.05) is 19.8 Å². The second kappa shape index (κ2) is 7.37. The van der Waals surface area contributed by atoms with Crippen LogP contribution in [0.1, 0.15) is 27.2 Å². The van der Waals surface area contributed by atoms with Crippen LogP contribution in [0.15, 0.2) is 0 Å². The molecule has 2 N–H and O–H groups in total. The number of ether oxygens (including phenoxy) is 3. The van der Waals surface area contributed by atoms with E-state index in [2.05, 4.69) is 5.32 Å². The number of carboxylic acids is 1. The van der Waals surface area contributed by atoms with Gasteiger partial charge in [-0.3, -0.25) is 9.59 Å². The predicted molar refractivity (Wildman–Crippen MR) is 70.6 cm³/mol. The molecule has 0 aromatic carbocycles. The van der Waals surface area contributed by atoms with E-state index in [1.54, 1.807) is 20.8 Å². The Bertz CT molecular complexity index is 396. The van der Waals surface area contributed by atoms with Crippen LogP contribution in [0.4, 0.5) is 0 Å². The fraction of sp³-hybridized carbons (Fsp3) is 0.769. The molecule has 0 aromatic rings. The van der Waals surface area contributed by atoms with Crippen molar-refractivity contribution in [3.8, 4) is 0 Å². The standard InChI is InChI=1S/C13H21NO7/c1-13(2,3)21-10(15)6-8(12(17)18)14-11(16)9-7-19-4-5-20-9/h8-9H,4-7H2,1-3H3,(H,14,16)(H,17,18)/t8-,9?/m0/s1. The lowest BCUT2D eigenvalue weighted by atomic mass is 10.1. The first kappa shape index (κ1) is 17.4. The van der Waals surface area contributed by atoms with Crippen molar-refractivity contribution in [1.29, 1.82) is 0 Å². The summed E-state index contributed by atoms with van der Waals surface area (Å²) in [7, 11) is 0. The van der Waals surface area contributed by atoms with Gasteiger partial charge in [-0.1, -0.05) is 0 Å². The number of carbonyl (C=O) groups is 3. The first-order chi connectivity index (χ1) is 9.69. The van der Waals surface area contributed by atoms with E-state index in [0.29, 0.717) is 6.61 Å². The lowest BCUT2D eigenvalue weighted by molar-refractivity contribution is -0.160. The second-order valence-corrected chi connectivity index (χ2v) is 5.62. The number of aliphatic carboxylic acids is 1. The molecule has 1 aliphatic rings. The highest BCUT2D eigenvalue weighted by molar-refractivity contribution is 5.89. The Balaban J connectivity index is 2.55. The normalized spacial score (nSPS) is 20.4. The molecule has 0 aliphatic carbocycles. The highest BCUT2D eigenvalue weighted by Gasteiger charge is 2.30. The molecule has 1 aliphatic heterocycles. The van der Waals surface area contributed by atoms with Crippen LogP contribution < -0.4 is 5.32 Å². The molecule has 1 heterocycles. The molecular formula is C13H21NO7. The van der Waals surface area contributed by atoms with Gasteiger partial charge in [0, 0.05) is 0 Å². The van der Waals surface area contributed by atoms with Crippen molar-refractivity contribution in [2.24, 2.45) is 0 Å². The first-order valence-electron chi connectivity index (χ1n) is 6.63. The van der Waals surface area contributed by atoms with Crippen LogP contribution in [0.25, 0.3) is 0 Å². The molecule has 8 heteroatoms. The minimum atomic E-state index is -1.36. The van der Waals surface area contributed by atoms with Crippen LogP contribution >= 0.6 is 0 Å². The molecule has 8 nitrogen and oxygen atoms in total. The van der Waals surface area contributed by atoms with Crippen molar-refractivity contribution in [3.63, 3.8) is 0 Å². The van der Waals surface area contributed by atoms with Crippen molar-refractivity contribution in [2.45, 2.75) is 44.9 Å². The third-order valence-electron chi connectivity index (χ3n) is 2.51. The zero-order valence-electron chi connectivity index (χ0n) is 12.4. The van der Waals surface area contributed by atoms with Crippen LogP contribution in [0, 0.1) is 0 Å². The maximum Gasteiger partial charge on any atom is 0.326 e. The minimum Gasteiger partial charge on any atom is -0.480 e. The van der Waals surface area contributed by atoms with Gasteiger partial charge in [-0.25, -0.2) is 4.79 Å². The van der Waals surface area contributed by atoms with E-state index < -0.39 is 42.0 Å². The molecule has 0 bridgehead atoms. The van der Waals surface area contributed by atoms with Gasteiger partial charge in [0.1, 0.15) is 11.6 Å². The molecule has 0 saturated carbocycles. The van der Waals surface area contributed by atoms with Gasteiger partial charge in [0.25, 0.3) is 5.91 Å². The molecule has 21 heavy (non-hydrogen) atoms. The van der Waals surface area contributed by atoms with Gasteiger partial charge in [0.15, 0.2) is 6.10 Å². The molecule has 0 radical (unpaired) electrons. The van der Waals surface area contributed by atoms with E-state index in [1.807, 2.05) is 0 Å². The second-order valence-electron chi connectivity index (χ2n) is 5.62. The van der Waals surface area contributed by atoms with E-state index in [1.165, 1.54) is 0 Å². The number of nitrogens with one attached hydrogen (secondary N) is 1. The summed E-state index contributed by atoms with van der Waals surface area (Å²) < 4.78 is 15.3. The zero-order chi connectivity index (χ0) is 16.0. The van der Waals surface area contributed by atoms with Crippen molar-refractivity contribution >= 4 is 17.8 Å². The predicted octanol–water partition coefficient (Wildman–Crippen LogP) is -0.297. The number of hydrogen-bond donors (Lipinski definition) is 2. The van der Waals surface area contributed by atoms with Crippen molar-refractivity contribution < 1.29 is 33.7 Å². The molecule has 2 atom stereocenters. The summed E-state index contributed by atoms with van der Waals surface area (Å²) in [6.07, 6.45) is -1.31. The minimum absolute atomic E-state index is 0.0601. The van der Waals surface area contributed by atoms with Crippen molar-refractivity contribution in [1.82, 2.24) is 5.32 Å². The Morgan fingerprint density at radius 1 is 1.33 bits per heavy atom. The Morgan fingerprint density at radius 3 is 2.48 bits per heavy atom. The van der Waals surface area contributed by atoms with E-state index in [4.69, 9.17) is 19.3 Å². The third-order valence-corrected chi connectivity index (χ3v) is 2.51. The Hall–Kier alpha value is -1.67. The van der Waals surface area contributed by atoms with E-state index in [9.17, 15) is 14.4 Å². The van der Waals surface area contributed by atoms with Gasteiger partial charge in [-0.05, 0) is 20.8 Å². The number of esters is 1. The van der Waals surface area contributed by atoms with Gasteiger partial charge >= 0.3 is 11.9 Å². The van der Waals surface area contributed by atoms with E-state index in [0.717, 1.165) is 0 Å². The summed E-state index contributed by atoms with van der Waals surface area (Å²) in [5.41, 5.74) is -0.718. The average molecular weight is 303 g/mol. The molecule has 1 amide bonds. The highest BCUT2D eigenvalue weighted by Crippen LogP contribution is 2.10. The third kappa shape index (κ3) is 6.54. The SMILES string of the molecule is CC(C)(C)OC(=O)C[C@H](NC(=O)C1COCCO1)C(=O)O. The summed E-state index contributed by atoms with van der Waals surface area (Å²) >= 11 is 0. The van der Waals surface area contributed by atoms with Crippen molar-refractivity contribution in [3.05, 3.63) is 0 Å². The maximum absolute atomic E-state index is 11.8. The maximum atomic E-state index is 11.8. The van der Waals surface area contributed by atoms with Gasteiger partial charge in [-0.2, -0.15) is 0 Å². The molecule has 0 spiro atoms. The summed E-state index contributed by atoms with van der Waals surface area (Å²) in [6.45, 7) is 5.74. The van der Waals surface area contributed by atoms with Crippen LogP contribution in [-0.2, 0) is 28.6 Å². The van der Waals surface area contributed by atoms with E-state index in [-0.39, 0.29) is 13.2 Å². The number of carboxylic acid groups (broad SMARTS) is 1. The topological polar surface area (TPSA) is 111 Å². The first-order valence-corrected chi connectivity index (χ1v) is 6.63. The van der Waals surface area contributed by atoms with Crippen LogP contribution in [0.3, 0.4) is 0 Å². The van der Waals surface area contributed by atoms with Crippen LogP contribution in [0.5, 0.6) is 0 Å². The number of hydrogen-bond acceptors (Lipinski definition) is 6. The number of rotatable bonds is 5. The lowest BCUT2D eigenvalue weighted by Gasteiger charge is -2.24. The van der Waals surface area contributed by atoms with Gasteiger partial charge in [0.05, 0.1) is 26.2 Å². The summed E-state index contributed by atoms with van der Waals surface area (Å²) in [5, 5.41) is 11.3. The fourth-order valence-corrected chi connectivity index (χ4v) is 1.65. The quantitative estimate of drug-likeness (QED) is 0.671. The number of carbonyl (C=O) groups excluding carboxylic acids is 2. The van der Waals surface area contributed by atoms with Crippen LogP contribution in [-0.4, -0.2) is 60.5 Å². The zero-order valence-corrected chi connectivity index (χ0v) is 12.4. The van der Waals surface area contributed by atoms with Gasteiger partial charge in [0.2, 0.25) is 0 Å². The fourth-order valence-electron chi connectivity index (χ4n) is 1.65. The molecule has 1 unspecified atom stereocenters. The largest absolute Gasteiger partial charge is 0.480 e. The molecule has 0 aromatic heterocycles. The molecule has 1 rings (SSSR count). The number of amides is 1. The Labute approximate surface area is 122 Å². The molecule has 120 valence electrons. The highest BCUT2D eigenvalue weighted by atomic mass is 16.6. The smallest absolute Gasteiger partial charge is 0.326 e. The van der Waals surface area contributed by atoms with Crippen LogP contribution in [0.2, 0.25) is 0 Å². The Morgan fingerprint density at radius 2 is 2.00 bits per heavy atom. The summed E-state index contributed by atoms with van der Waals surface area (Å²) in [6, 6.07) is -1.36. The molecular weight excluding hydrogens is 282 g/mol. The van der Waals surface area contributed by atoms with Gasteiger partial charge in [-0.15, -0.1) is 0 Å². The monoisotopic (exact) mass is 303 g/mol. The summed E-state index contributed by atoms with van der Waals surface area (Å²) in [5.74, 6) is -2.63. The lowest BCUT2D eigenvalue weighted by Crippen LogP contribution is -2.50. The summed E-state index contributed by atoms with van der Waals surface area (Å²) in [4.78, 5) is 34.6.